The van der Waals surface area contributed by atoms with E-state index in [0.717, 1.165) is 0 Å². The minimum absolute atomic E-state index is 0.162. The van der Waals surface area contributed by atoms with Gasteiger partial charge in [-0.1, -0.05) is 6.08 Å². The lowest BCUT2D eigenvalue weighted by Gasteiger charge is -2.28. The zero-order valence-corrected chi connectivity index (χ0v) is 8.06. The summed E-state index contributed by atoms with van der Waals surface area (Å²) in [6, 6.07) is 0. The highest BCUT2D eigenvalue weighted by Gasteiger charge is 2.35. The summed E-state index contributed by atoms with van der Waals surface area (Å²) in [4.78, 5) is 24.0. The third kappa shape index (κ3) is 1.75. The monoisotopic (exact) mass is 198 g/mol. The maximum absolute atomic E-state index is 11.5. The third-order valence-corrected chi connectivity index (χ3v) is 2.26. The number of carbonyl (C=O) groups is 2. The normalized spacial score (nSPS) is 23.0. The van der Waals surface area contributed by atoms with E-state index in [9.17, 15) is 9.59 Å². The maximum atomic E-state index is 11.5. The highest BCUT2D eigenvalue weighted by atomic mass is 32.1. The molecule has 1 N–H and O–H groups in total. The molecule has 1 atom stereocenters. The van der Waals surface area contributed by atoms with Gasteiger partial charge in [-0.15, -0.1) is 6.58 Å². The molecule has 0 bridgehead atoms. The van der Waals surface area contributed by atoms with Crippen LogP contribution in [-0.2, 0) is 9.59 Å². The lowest BCUT2D eigenvalue weighted by molar-refractivity contribution is -0.140. The van der Waals surface area contributed by atoms with Crippen LogP contribution >= 0.6 is 12.2 Å². The molecule has 2 amide bonds. The Bertz CT molecular complexity index is 288. The molecule has 1 fully saturated rings. The molecule has 0 spiro atoms. The summed E-state index contributed by atoms with van der Waals surface area (Å²) in [6.45, 7) is 3.48. The summed E-state index contributed by atoms with van der Waals surface area (Å²) in [7, 11) is 1.54. The van der Waals surface area contributed by atoms with E-state index in [1.807, 2.05) is 0 Å². The van der Waals surface area contributed by atoms with E-state index in [2.05, 4.69) is 11.9 Å². The number of nitrogens with one attached hydrogen (secondary N) is 1. The van der Waals surface area contributed by atoms with Gasteiger partial charge in [-0.3, -0.25) is 14.5 Å². The molecule has 0 saturated carbocycles. The Kier molecular flexibility index (Phi) is 2.77. The maximum Gasteiger partial charge on any atom is 0.241 e. The number of nitrogens with zero attached hydrogens (tertiary/aromatic N) is 1. The Labute approximate surface area is 81.6 Å². The van der Waals surface area contributed by atoms with Gasteiger partial charge in [0.15, 0.2) is 5.11 Å². The van der Waals surface area contributed by atoms with Gasteiger partial charge in [0.1, 0.15) is 5.92 Å². The van der Waals surface area contributed by atoms with Gasteiger partial charge >= 0.3 is 0 Å². The number of thiocarbonyl (C=S) groups is 1. The lowest BCUT2D eigenvalue weighted by atomic mass is 10.0. The minimum atomic E-state index is -0.672. The number of allylic oxidation sites excluding steroid dienone is 1. The molecule has 1 rings (SSSR count). The zero-order valence-electron chi connectivity index (χ0n) is 7.24. The van der Waals surface area contributed by atoms with Crippen LogP contribution in [0.1, 0.15) is 6.42 Å². The topological polar surface area (TPSA) is 49.4 Å². The molecule has 5 heteroatoms. The minimum Gasteiger partial charge on any atom is -0.302 e. The second-order valence-electron chi connectivity index (χ2n) is 2.77. The van der Waals surface area contributed by atoms with Crippen LogP contribution in [0.3, 0.4) is 0 Å². The second-order valence-corrected chi connectivity index (χ2v) is 3.16. The quantitative estimate of drug-likeness (QED) is 0.387. The summed E-state index contributed by atoms with van der Waals surface area (Å²) in [5.41, 5.74) is 0. The fourth-order valence-electron chi connectivity index (χ4n) is 1.10. The number of rotatable bonds is 2. The number of amides is 2. The van der Waals surface area contributed by atoms with Crippen molar-refractivity contribution in [1.82, 2.24) is 10.2 Å². The zero-order chi connectivity index (χ0) is 10.0. The molecule has 13 heavy (non-hydrogen) atoms. The van der Waals surface area contributed by atoms with Crippen LogP contribution < -0.4 is 5.32 Å². The Hall–Kier alpha value is -1.23. The molecule has 0 aromatic heterocycles. The van der Waals surface area contributed by atoms with Crippen molar-refractivity contribution >= 4 is 29.1 Å². The fourth-order valence-corrected chi connectivity index (χ4v) is 1.29. The lowest BCUT2D eigenvalue weighted by Crippen LogP contribution is -2.55. The van der Waals surface area contributed by atoms with E-state index < -0.39 is 5.92 Å². The molecule has 1 aliphatic heterocycles. The van der Waals surface area contributed by atoms with Gasteiger partial charge in [0.05, 0.1) is 0 Å². The van der Waals surface area contributed by atoms with E-state index in [0.29, 0.717) is 6.42 Å². The standard InChI is InChI=1S/C8H10N2O2S/c1-3-4-5-6(11)9-8(13)10(2)7(5)12/h3,5H,1,4H2,2H3,(H,9,11,13). The molecular weight excluding hydrogens is 188 g/mol. The molecule has 1 aliphatic rings. The average Bonchev–Trinajstić information content (AvgIpc) is 2.09. The molecule has 0 radical (unpaired) electrons. The Morgan fingerprint density at radius 3 is 2.85 bits per heavy atom. The van der Waals surface area contributed by atoms with E-state index >= 15 is 0 Å². The predicted octanol–water partition coefficient (Wildman–Crippen LogP) is 0.0518. The Morgan fingerprint density at radius 1 is 1.69 bits per heavy atom. The number of carbonyl (C=O) groups excluding carboxylic acids is 2. The molecular formula is C8H10N2O2S. The van der Waals surface area contributed by atoms with Crippen LogP contribution in [0.15, 0.2) is 12.7 Å². The second kappa shape index (κ2) is 3.66. The highest BCUT2D eigenvalue weighted by molar-refractivity contribution is 7.80. The first-order valence-electron chi connectivity index (χ1n) is 3.81. The largest absolute Gasteiger partial charge is 0.302 e. The smallest absolute Gasteiger partial charge is 0.241 e. The first-order chi connectivity index (χ1) is 6.07. The third-order valence-electron chi connectivity index (χ3n) is 1.88. The Balaban J connectivity index is 2.85. The summed E-state index contributed by atoms with van der Waals surface area (Å²) in [5.74, 6) is -1.28. The molecule has 70 valence electrons. The van der Waals surface area contributed by atoms with Crippen LogP contribution in [0.5, 0.6) is 0 Å². The molecule has 1 saturated heterocycles. The van der Waals surface area contributed by atoms with E-state index in [-0.39, 0.29) is 16.9 Å². The summed E-state index contributed by atoms with van der Waals surface area (Å²) < 4.78 is 0. The van der Waals surface area contributed by atoms with Gasteiger partial charge in [0.2, 0.25) is 11.8 Å². The molecule has 0 aliphatic carbocycles. The average molecular weight is 198 g/mol. The first-order valence-corrected chi connectivity index (χ1v) is 4.22. The van der Waals surface area contributed by atoms with Crippen molar-refractivity contribution < 1.29 is 9.59 Å². The Morgan fingerprint density at radius 2 is 2.31 bits per heavy atom. The van der Waals surface area contributed by atoms with Crippen LogP contribution in [0.2, 0.25) is 0 Å². The van der Waals surface area contributed by atoms with Gasteiger partial charge in [-0.2, -0.15) is 0 Å². The SMILES string of the molecule is C=CCC1C(=O)NC(=S)N(C)C1=O. The molecule has 1 unspecified atom stereocenters. The molecule has 0 aromatic rings. The number of hydrogen-bond donors (Lipinski definition) is 1. The van der Waals surface area contributed by atoms with Crippen LogP contribution in [0, 0.1) is 5.92 Å². The van der Waals surface area contributed by atoms with Crippen LogP contribution in [0.4, 0.5) is 0 Å². The van der Waals surface area contributed by atoms with Gasteiger partial charge < -0.3 is 5.32 Å². The molecule has 1 heterocycles. The van der Waals surface area contributed by atoms with Crippen molar-refractivity contribution in [2.24, 2.45) is 5.92 Å². The molecule has 4 nitrogen and oxygen atoms in total. The fraction of sp³-hybridized carbons (Fsp3) is 0.375. The van der Waals surface area contributed by atoms with Gasteiger partial charge in [0.25, 0.3) is 0 Å². The first kappa shape index (κ1) is 9.85. The van der Waals surface area contributed by atoms with Crippen molar-refractivity contribution in [2.75, 3.05) is 7.05 Å². The van der Waals surface area contributed by atoms with Gasteiger partial charge in [-0.25, -0.2) is 0 Å². The van der Waals surface area contributed by atoms with Crippen molar-refractivity contribution in [3.05, 3.63) is 12.7 Å². The van der Waals surface area contributed by atoms with Crippen molar-refractivity contribution in [3.8, 4) is 0 Å². The van der Waals surface area contributed by atoms with Crippen molar-refractivity contribution in [2.45, 2.75) is 6.42 Å². The van der Waals surface area contributed by atoms with Crippen molar-refractivity contribution in [3.63, 3.8) is 0 Å². The predicted molar refractivity (Wildman–Crippen MR) is 51.8 cm³/mol. The summed E-state index contributed by atoms with van der Waals surface area (Å²) >= 11 is 4.77. The molecule has 0 aromatic carbocycles. The van der Waals surface area contributed by atoms with E-state index in [4.69, 9.17) is 12.2 Å². The van der Waals surface area contributed by atoms with E-state index in [1.54, 1.807) is 13.1 Å². The summed E-state index contributed by atoms with van der Waals surface area (Å²) in [5, 5.41) is 2.61. The highest BCUT2D eigenvalue weighted by Crippen LogP contribution is 2.12. The summed E-state index contributed by atoms with van der Waals surface area (Å²) in [6.07, 6.45) is 1.89. The van der Waals surface area contributed by atoms with Crippen molar-refractivity contribution in [1.29, 1.82) is 0 Å². The number of hydrogen-bond acceptors (Lipinski definition) is 3. The van der Waals surface area contributed by atoms with Crippen LogP contribution in [0.25, 0.3) is 0 Å². The van der Waals surface area contributed by atoms with Gasteiger partial charge in [-0.05, 0) is 18.6 Å². The van der Waals surface area contributed by atoms with Gasteiger partial charge in [0, 0.05) is 7.05 Å². The van der Waals surface area contributed by atoms with Crippen LogP contribution in [-0.4, -0.2) is 28.9 Å². The van der Waals surface area contributed by atoms with E-state index in [1.165, 1.54) is 4.90 Å².